The minimum atomic E-state index is -0.440. The van der Waals surface area contributed by atoms with Crippen LogP contribution < -0.4 is 5.32 Å². The molecule has 5 heteroatoms. The van der Waals surface area contributed by atoms with Gasteiger partial charge >= 0.3 is 0 Å². The van der Waals surface area contributed by atoms with Crippen molar-refractivity contribution in [3.8, 4) is 0 Å². The number of rotatable bonds is 6. The lowest BCUT2D eigenvalue weighted by Crippen LogP contribution is -2.67. The SMILES string of the molecule is CCC(=O)N1[C@@H](NC)CN(CC(C)C)C(=O)[C@@H]1Cc1ccccc1. The smallest absolute Gasteiger partial charge is 0.245 e. The molecule has 1 aromatic rings. The Bertz CT molecular complexity index is 559. The molecule has 1 aromatic carbocycles. The Morgan fingerprint density at radius 2 is 1.96 bits per heavy atom. The van der Waals surface area contributed by atoms with Crippen LogP contribution in [0.3, 0.4) is 0 Å². The fourth-order valence-electron chi connectivity index (χ4n) is 3.32. The molecule has 0 aromatic heterocycles. The predicted octanol–water partition coefficient (Wildman–Crippen LogP) is 1.88. The first kappa shape index (κ1) is 18.5. The van der Waals surface area contributed by atoms with Crippen molar-refractivity contribution in [2.24, 2.45) is 5.92 Å². The van der Waals surface area contributed by atoms with E-state index in [1.807, 2.05) is 49.2 Å². The summed E-state index contributed by atoms with van der Waals surface area (Å²) in [7, 11) is 1.85. The zero-order valence-corrected chi connectivity index (χ0v) is 15.2. The van der Waals surface area contributed by atoms with Gasteiger partial charge < -0.3 is 9.80 Å². The summed E-state index contributed by atoms with van der Waals surface area (Å²) in [6.07, 6.45) is 0.821. The first-order valence-electron chi connectivity index (χ1n) is 8.79. The van der Waals surface area contributed by atoms with Crippen molar-refractivity contribution in [1.82, 2.24) is 15.1 Å². The number of nitrogens with one attached hydrogen (secondary N) is 1. The van der Waals surface area contributed by atoms with E-state index >= 15 is 0 Å². The second-order valence-corrected chi connectivity index (χ2v) is 6.80. The van der Waals surface area contributed by atoms with Crippen LogP contribution in [-0.2, 0) is 16.0 Å². The Balaban J connectivity index is 2.32. The van der Waals surface area contributed by atoms with Crippen LogP contribution in [-0.4, -0.2) is 54.0 Å². The molecule has 0 aliphatic carbocycles. The molecule has 5 nitrogen and oxygen atoms in total. The van der Waals surface area contributed by atoms with E-state index in [0.29, 0.717) is 25.3 Å². The lowest BCUT2D eigenvalue weighted by molar-refractivity contribution is -0.157. The van der Waals surface area contributed by atoms with Crippen LogP contribution >= 0.6 is 0 Å². The summed E-state index contributed by atoms with van der Waals surface area (Å²) < 4.78 is 0. The third-order valence-corrected chi connectivity index (χ3v) is 4.44. The monoisotopic (exact) mass is 331 g/mol. The van der Waals surface area contributed by atoms with Crippen molar-refractivity contribution < 1.29 is 9.59 Å². The van der Waals surface area contributed by atoms with E-state index in [2.05, 4.69) is 19.2 Å². The van der Waals surface area contributed by atoms with Crippen LogP contribution in [0.2, 0.25) is 0 Å². The maximum atomic E-state index is 13.1. The summed E-state index contributed by atoms with van der Waals surface area (Å²) >= 11 is 0. The van der Waals surface area contributed by atoms with E-state index in [0.717, 1.165) is 12.1 Å². The van der Waals surface area contributed by atoms with E-state index in [4.69, 9.17) is 0 Å². The van der Waals surface area contributed by atoms with Crippen LogP contribution in [0.15, 0.2) is 30.3 Å². The summed E-state index contributed by atoms with van der Waals surface area (Å²) in [5.74, 6) is 0.478. The van der Waals surface area contributed by atoms with E-state index in [1.54, 1.807) is 4.90 Å². The molecule has 132 valence electrons. The highest BCUT2D eigenvalue weighted by atomic mass is 16.2. The van der Waals surface area contributed by atoms with Gasteiger partial charge in [-0.1, -0.05) is 51.1 Å². The van der Waals surface area contributed by atoms with Gasteiger partial charge in [-0.25, -0.2) is 0 Å². The standard InChI is InChI=1S/C19H29N3O2/c1-5-18(23)22-16(11-15-9-7-6-8-10-15)19(24)21(12-14(2)3)13-17(22)20-4/h6-10,14,16-17,20H,5,11-13H2,1-4H3/t16-,17+/m0/s1. The number of carbonyl (C=O) groups excluding carboxylic acids is 2. The summed E-state index contributed by atoms with van der Waals surface area (Å²) in [5, 5.41) is 3.22. The highest BCUT2D eigenvalue weighted by Crippen LogP contribution is 2.21. The van der Waals surface area contributed by atoms with Crippen molar-refractivity contribution >= 4 is 11.8 Å². The van der Waals surface area contributed by atoms with Gasteiger partial charge in [0.25, 0.3) is 0 Å². The molecular weight excluding hydrogens is 302 g/mol. The number of benzene rings is 1. The molecule has 2 amide bonds. The zero-order chi connectivity index (χ0) is 17.7. The van der Waals surface area contributed by atoms with Crippen molar-refractivity contribution in [3.05, 3.63) is 35.9 Å². The predicted molar refractivity (Wildman–Crippen MR) is 95.3 cm³/mol. The van der Waals surface area contributed by atoms with E-state index < -0.39 is 6.04 Å². The molecule has 2 atom stereocenters. The topological polar surface area (TPSA) is 52.7 Å². The second kappa shape index (κ2) is 8.29. The molecule has 24 heavy (non-hydrogen) atoms. The van der Waals surface area contributed by atoms with E-state index in [-0.39, 0.29) is 18.0 Å². The van der Waals surface area contributed by atoms with Gasteiger partial charge in [0.05, 0.1) is 6.54 Å². The van der Waals surface area contributed by atoms with Gasteiger partial charge in [0.15, 0.2) is 0 Å². The van der Waals surface area contributed by atoms with E-state index in [1.165, 1.54) is 0 Å². The Morgan fingerprint density at radius 3 is 2.50 bits per heavy atom. The zero-order valence-electron chi connectivity index (χ0n) is 15.2. The second-order valence-electron chi connectivity index (χ2n) is 6.80. The fourth-order valence-corrected chi connectivity index (χ4v) is 3.32. The maximum absolute atomic E-state index is 13.1. The first-order valence-corrected chi connectivity index (χ1v) is 8.79. The number of likely N-dealkylation sites (N-methyl/N-ethyl adjacent to an activating group) is 1. The van der Waals surface area contributed by atoms with Crippen LogP contribution in [0.5, 0.6) is 0 Å². The summed E-state index contributed by atoms with van der Waals surface area (Å²) in [6.45, 7) is 7.33. The minimum Gasteiger partial charge on any atom is -0.337 e. The Morgan fingerprint density at radius 1 is 1.29 bits per heavy atom. The third-order valence-electron chi connectivity index (χ3n) is 4.44. The lowest BCUT2D eigenvalue weighted by Gasteiger charge is -2.46. The quantitative estimate of drug-likeness (QED) is 0.866. The summed E-state index contributed by atoms with van der Waals surface area (Å²) in [5.41, 5.74) is 1.08. The number of hydrogen-bond donors (Lipinski definition) is 1. The van der Waals surface area contributed by atoms with Gasteiger partial charge in [-0.05, 0) is 18.5 Å². The number of carbonyl (C=O) groups is 2. The highest BCUT2D eigenvalue weighted by Gasteiger charge is 2.42. The molecule has 0 spiro atoms. The molecule has 1 aliphatic heterocycles. The fraction of sp³-hybridized carbons (Fsp3) is 0.579. The molecule has 0 saturated carbocycles. The maximum Gasteiger partial charge on any atom is 0.245 e. The first-order chi connectivity index (χ1) is 11.5. The van der Waals surface area contributed by atoms with Crippen LogP contribution in [0.1, 0.15) is 32.8 Å². The molecule has 1 fully saturated rings. The highest BCUT2D eigenvalue weighted by molar-refractivity contribution is 5.89. The van der Waals surface area contributed by atoms with Gasteiger partial charge in [-0.2, -0.15) is 0 Å². The van der Waals surface area contributed by atoms with Gasteiger partial charge in [0.2, 0.25) is 11.8 Å². The Kier molecular flexibility index (Phi) is 6.37. The van der Waals surface area contributed by atoms with Crippen molar-refractivity contribution in [1.29, 1.82) is 0 Å². The summed E-state index contributed by atoms with van der Waals surface area (Å²) in [4.78, 5) is 29.2. The van der Waals surface area contributed by atoms with Gasteiger partial charge in [-0.15, -0.1) is 0 Å². The van der Waals surface area contributed by atoms with Crippen LogP contribution in [0.25, 0.3) is 0 Å². The van der Waals surface area contributed by atoms with Crippen molar-refractivity contribution in [3.63, 3.8) is 0 Å². The summed E-state index contributed by atoms with van der Waals surface area (Å²) in [6, 6.07) is 9.48. The van der Waals surface area contributed by atoms with Crippen LogP contribution in [0, 0.1) is 5.92 Å². The third kappa shape index (κ3) is 4.15. The molecule has 0 unspecified atom stereocenters. The van der Waals surface area contributed by atoms with Crippen LogP contribution in [0.4, 0.5) is 0 Å². The average molecular weight is 331 g/mol. The number of amides is 2. The van der Waals surface area contributed by atoms with E-state index in [9.17, 15) is 9.59 Å². The molecule has 2 rings (SSSR count). The number of nitrogens with zero attached hydrogens (tertiary/aromatic N) is 2. The Labute approximate surface area is 145 Å². The number of piperazine rings is 1. The van der Waals surface area contributed by atoms with Crippen molar-refractivity contribution in [2.75, 3.05) is 20.1 Å². The Hall–Kier alpha value is -1.88. The number of hydrogen-bond acceptors (Lipinski definition) is 3. The van der Waals surface area contributed by atoms with Gasteiger partial charge in [-0.3, -0.25) is 14.9 Å². The lowest BCUT2D eigenvalue weighted by atomic mass is 9.98. The van der Waals surface area contributed by atoms with Gasteiger partial charge in [0.1, 0.15) is 12.2 Å². The van der Waals surface area contributed by atoms with Gasteiger partial charge in [0, 0.05) is 19.4 Å². The molecule has 1 aliphatic rings. The molecule has 1 N–H and O–H groups in total. The normalized spacial score (nSPS) is 21.5. The molecular formula is C19H29N3O2. The van der Waals surface area contributed by atoms with Crippen molar-refractivity contribution in [2.45, 2.75) is 45.8 Å². The molecule has 0 bridgehead atoms. The molecule has 0 radical (unpaired) electrons. The molecule has 1 heterocycles. The largest absolute Gasteiger partial charge is 0.337 e. The molecule has 1 saturated heterocycles. The minimum absolute atomic E-state index is 0.0211. The average Bonchev–Trinajstić information content (AvgIpc) is 2.58.